The minimum absolute atomic E-state index is 0.148. The zero-order valence-electron chi connectivity index (χ0n) is 12.9. The first kappa shape index (κ1) is 17.9. The Morgan fingerprint density at radius 2 is 2.08 bits per heavy atom. The van der Waals surface area contributed by atoms with Crippen LogP contribution in [0.2, 0.25) is 5.02 Å². The number of anilines is 2. The Morgan fingerprint density at radius 1 is 1.42 bits per heavy atom. The summed E-state index contributed by atoms with van der Waals surface area (Å²) in [5.41, 5.74) is 13.2. The number of benzene rings is 1. The van der Waals surface area contributed by atoms with Crippen molar-refractivity contribution in [3.8, 4) is 11.1 Å². The molecule has 0 aliphatic carbocycles. The SMILES string of the molecule is Cc1nc(N)ncc1-c1ccc(Cl)c(N(NS(C)(=O)=O)C(=N)N)c1. The highest BCUT2D eigenvalue weighted by Crippen LogP contribution is 2.31. The van der Waals surface area contributed by atoms with Crippen LogP contribution in [0.15, 0.2) is 24.4 Å². The smallest absolute Gasteiger partial charge is 0.226 e. The Hall–Kier alpha value is -2.43. The zero-order chi connectivity index (χ0) is 18.1. The molecule has 0 aliphatic rings. The number of sulfonamides is 1. The van der Waals surface area contributed by atoms with Crippen LogP contribution in [0.4, 0.5) is 11.6 Å². The van der Waals surface area contributed by atoms with E-state index in [1.54, 1.807) is 31.3 Å². The number of nitrogens with one attached hydrogen (secondary N) is 2. The molecule has 0 spiro atoms. The molecule has 0 saturated heterocycles. The van der Waals surface area contributed by atoms with E-state index >= 15 is 0 Å². The Balaban J connectivity index is 2.57. The van der Waals surface area contributed by atoms with Crippen LogP contribution in [0.1, 0.15) is 5.69 Å². The number of nitrogens with two attached hydrogens (primary N) is 2. The summed E-state index contributed by atoms with van der Waals surface area (Å²) in [4.78, 5) is 10.2. The van der Waals surface area contributed by atoms with Crippen molar-refractivity contribution in [3.63, 3.8) is 0 Å². The summed E-state index contributed by atoms with van der Waals surface area (Å²) in [6, 6.07) is 4.85. The molecular weight excluding hydrogens is 354 g/mol. The molecule has 0 bridgehead atoms. The van der Waals surface area contributed by atoms with E-state index in [1.807, 2.05) is 0 Å². The molecule has 1 aromatic heterocycles. The molecule has 128 valence electrons. The zero-order valence-corrected chi connectivity index (χ0v) is 14.5. The van der Waals surface area contributed by atoms with E-state index in [-0.39, 0.29) is 16.7 Å². The third kappa shape index (κ3) is 4.10. The molecule has 9 nitrogen and oxygen atoms in total. The van der Waals surface area contributed by atoms with Gasteiger partial charge in [0.05, 0.1) is 22.7 Å². The van der Waals surface area contributed by atoms with E-state index < -0.39 is 16.0 Å². The van der Waals surface area contributed by atoms with Crippen molar-refractivity contribution in [2.45, 2.75) is 6.92 Å². The minimum Gasteiger partial charge on any atom is -0.369 e. The lowest BCUT2D eigenvalue weighted by atomic mass is 10.1. The Morgan fingerprint density at radius 3 is 2.62 bits per heavy atom. The van der Waals surface area contributed by atoms with Crippen LogP contribution < -0.4 is 21.3 Å². The third-order valence-corrected chi connectivity index (χ3v) is 3.83. The van der Waals surface area contributed by atoms with Crippen molar-refractivity contribution in [2.24, 2.45) is 5.73 Å². The number of rotatable bonds is 4. The molecule has 2 aromatic rings. The predicted molar refractivity (Wildman–Crippen MR) is 94.0 cm³/mol. The van der Waals surface area contributed by atoms with Crippen molar-refractivity contribution in [1.82, 2.24) is 14.8 Å². The van der Waals surface area contributed by atoms with Crippen molar-refractivity contribution in [2.75, 3.05) is 17.0 Å². The van der Waals surface area contributed by atoms with Crippen LogP contribution in [0, 0.1) is 12.3 Å². The highest BCUT2D eigenvalue weighted by atomic mass is 35.5. The molecule has 0 radical (unpaired) electrons. The molecular formula is C13H16ClN7O2S. The highest BCUT2D eigenvalue weighted by molar-refractivity contribution is 7.88. The van der Waals surface area contributed by atoms with Gasteiger partial charge in [-0.1, -0.05) is 17.7 Å². The minimum atomic E-state index is -3.67. The maximum absolute atomic E-state index is 11.5. The molecule has 11 heteroatoms. The second-order valence-corrected chi connectivity index (χ2v) is 7.11. The summed E-state index contributed by atoms with van der Waals surface area (Å²) in [5.74, 6) is -0.390. The van der Waals surface area contributed by atoms with Crippen LogP contribution in [-0.2, 0) is 10.0 Å². The number of nitrogen functional groups attached to an aromatic ring is 1. The molecule has 6 N–H and O–H groups in total. The van der Waals surface area contributed by atoms with E-state index in [0.29, 0.717) is 16.8 Å². The Labute approximate surface area is 144 Å². The number of hydrogen-bond acceptors (Lipinski definition) is 6. The molecule has 1 aromatic carbocycles. The second-order valence-electron chi connectivity index (χ2n) is 4.98. The summed E-state index contributed by atoms with van der Waals surface area (Å²) < 4.78 is 23.0. The van der Waals surface area contributed by atoms with Gasteiger partial charge < -0.3 is 11.5 Å². The molecule has 0 atom stereocenters. The summed E-state index contributed by atoms with van der Waals surface area (Å²) in [6.07, 6.45) is 2.49. The van der Waals surface area contributed by atoms with Gasteiger partial charge in [0.15, 0.2) is 0 Å². The fourth-order valence-corrected chi connectivity index (χ4v) is 2.74. The topological polar surface area (TPSA) is 151 Å². The lowest BCUT2D eigenvalue weighted by Crippen LogP contribution is -2.49. The lowest BCUT2D eigenvalue weighted by molar-refractivity contribution is 0.589. The monoisotopic (exact) mass is 369 g/mol. The molecule has 2 rings (SSSR count). The first-order chi connectivity index (χ1) is 11.1. The Bertz CT molecular complexity index is 901. The third-order valence-electron chi connectivity index (χ3n) is 2.99. The van der Waals surface area contributed by atoms with E-state index in [9.17, 15) is 8.42 Å². The van der Waals surface area contributed by atoms with Gasteiger partial charge in [-0.05, 0) is 24.6 Å². The second kappa shape index (κ2) is 6.59. The number of halogens is 1. The molecule has 0 saturated carbocycles. The van der Waals surface area contributed by atoms with Crippen LogP contribution in [0.5, 0.6) is 0 Å². The van der Waals surface area contributed by atoms with Crippen molar-refractivity contribution in [3.05, 3.63) is 35.1 Å². The standard InChI is InChI=1S/C13H16ClN7O2S/c1-7-9(6-18-13(17)19-7)8-3-4-10(14)11(5-8)21(12(15)16)20-24(2,22)23/h3-6,20H,1-2H3,(H3,15,16)(H2,17,18,19). The average Bonchev–Trinajstić information content (AvgIpc) is 2.45. The van der Waals surface area contributed by atoms with Gasteiger partial charge in [0, 0.05) is 11.8 Å². The highest BCUT2D eigenvalue weighted by Gasteiger charge is 2.19. The van der Waals surface area contributed by atoms with Crippen LogP contribution in [-0.4, -0.2) is 30.6 Å². The lowest BCUT2D eigenvalue weighted by Gasteiger charge is -2.23. The van der Waals surface area contributed by atoms with E-state index in [4.69, 9.17) is 28.5 Å². The fraction of sp³-hybridized carbons (Fsp3) is 0.154. The normalized spacial score (nSPS) is 11.3. The molecule has 24 heavy (non-hydrogen) atoms. The molecule has 0 fully saturated rings. The maximum Gasteiger partial charge on any atom is 0.226 e. The summed E-state index contributed by atoms with van der Waals surface area (Å²) in [5, 5.41) is 8.67. The number of aromatic nitrogens is 2. The van der Waals surface area contributed by atoms with Crippen molar-refractivity contribution in [1.29, 1.82) is 5.41 Å². The maximum atomic E-state index is 11.5. The van der Waals surface area contributed by atoms with Crippen LogP contribution >= 0.6 is 11.6 Å². The van der Waals surface area contributed by atoms with Crippen LogP contribution in [0.3, 0.4) is 0 Å². The summed E-state index contributed by atoms with van der Waals surface area (Å²) in [7, 11) is -3.67. The number of hydrogen-bond donors (Lipinski definition) is 4. The van der Waals surface area contributed by atoms with Gasteiger partial charge in [-0.25, -0.2) is 23.4 Å². The van der Waals surface area contributed by atoms with E-state index in [0.717, 1.165) is 11.3 Å². The van der Waals surface area contributed by atoms with Crippen molar-refractivity contribution < 1.29 is 8.42 Å². The van der Waals surface area contributed by atoms with Gasteiger partial charge >= 0.3 is 0 Å². The van der Waals surface area contributed by atoms with Gasteiger partial charge in [0.1, 0.15) is 0 Å². The molecule has 0 unspecified atom stereocenters. The molecule has 0 amide bonds. The predicted octanol–water partition coefficient (Wildman–Crippen LogP) is 0.852. The number of nitrogens with zero attached hydrogens (tertiary/aromatic N) is 3. The molecule has 0 aliphatic heterocycles. The number of hydrazine groups is 1. The van der Waals surface area contributed by atoms with Gasteiger partial charge in [-0.2, -0.15) is 0 Å². The van der Waals surface area contributed by atoms with Gasteiger partial charge in [-0.3, -0.25) is 5.41 Å². The molecule has 1 heterocycles. The number of aryl methyl sites for hydroxylation is 1. The van der Waals surface area contributed by atoms with Gasteiger partial charge in [0.25, 0.3) is 0 Å². The van der Waals surface area contributed by atoms with E-state index in [1.165, 1.54) is 0 Å². The first-order valence-electron chi connectivity index (χ1n) is 6.59. The van der Waals surface area contributed by atoms with Crippen LogP contribution in [0.25, 0.3) is 11.1 Å². The Kier molecular flexibility index (Phi) is 4.92. The van der Waals surface area contributed by atoms with Crippen molar-refractivity contribution >= 4 is 39.2 Å². The summed E-state index contributed by atoms with van der Waals surface area (Å²) in [6.45, 7) is 1.76. The van der Waals surface area contributed by atoms with Gasteiger partial charge in [-0.15, -0.1) is 4.83 Å². The average molecular weight is 370 g/mol. The van der Waals surface area contributed by atoms with Gasteiger partial charge in [0.2, 0.25) is 21.9 Å². The summed E-state index contributed by atoms with van der Waals surface area (Å²) >= 11 is 6.14. The fourth-order valence-electron chi connectivity index (χ4n) is 2.01. The number of guanidine groups is 1. The first-order valence-corrected chi connectivity index (χ1v) is 8.86. The quantitative estimate of drug-likeness (QED) is 0.354. The largest absolute Gasteiger partial charge is 0.369 e. The van der Waals surface area contributed by atoms with E-state index in [2.05, 4.69) is 14.8 Å².